The number of aliphatic carboxylic acids is 1. The molecule has 0 aliphatic rings. The highest BCUT2D eigenvalue weighted by Crippen LogP contribution is 2.09. The van der Waals surface area contributed by atoms with Crippen molar-refractivity contribution in [1.82, 2.24) is 0 Å². The van der Waals surface area contributed by atoms with Crippen LogP contribution in [0, 0.1) is 0 Å². The molecule has 0 atom stereocenters. The lowest BCUT2D eigenvalue weighted by atomic mass is 10.3. The van der Waals surface area contributed by atoms with E-state index in [1.165, 1.54) is 11.8 Å². The van der Waals surface area contributed by atoms with Gasteiger partial charge in [-0.2, -0.15) is 0 Å². The van der Waals surface area contributed by atoms with E-state index in [1.807, 2.05) is 30.3 Å². The second-order valence-corrected chi connectivity index (χ2v) is 3.71. The first-order valence-electron chi connectivity index (χ1n) is 4.26. The molecule has 0 heterocycles. The van der Waals surface area contributed by atoms with Crippen LogP contribution < -0.4 is 4.74 Å². The summed E-state index contributed by atoms with van der Waals surface area (Å²) in [5.74, 6) is 0.873. The van der Waals surface area contributed by atoms with Crippen molar-refractivity contribution in [2.45, 2.75) is 0 Å². The van der Waals surface area contributed by atoms with Crippen LogP contribution in [0.5, 0.6) is 5.75 Å². The smallest absolute Gasteiger partial charge is 0.313 e. The van der Waals surface area contributed by atoms with Crippen LogP contribution in [-0.4, -0.2) is 29.2 Å². The molecule has 0 radical (unpaired) electrons. The molecule has 0 spiro atoms. The van der Waals surface area contributed by atoms with E-state index in [-0.39, 0.29) is 5.75 Å². The Balaban J connectivity index is 2.08. The molecule has 0 aliphatic heterocycles. The number of hydrogen-bond donors (Lipinski definition) is 1. The summed E-state index contributed by atoms with van der Waals surface area (Å²) in [6.45, 7) is 0.544. The maximum absolute atomic E-state index is 10.2. The molecule has 0 unspecified atom stereocenters. The zero-order chi connectivity index (χ0) is 10.2. The zero-order valence-electron chi connectivity index (χ0n) is 7.68. The Labute approximate surface area is 87.1 Å². The van der Waals surface area contributed by atoms with Crippen molar-refractivity contribution in [2.24, 2.45) is 0 Å². The summed E-state index contributed by atoms with van der Waals surface area (Å²) in [7, 11) is 0. The summed E-state index contributed by atoms with van der Waals surface area (Å²) >= 11 is 1.36. The molecule has 0 aromatic heterocycles. The minimum absolute atomic E-state index is 0.137. The van der Waals surface area contributed by atoms with Crippen LogP contribution in [0.4, 0.5) is 0 Å². The van der Waals surface area contributed by atoms with E-state index in [9.17, 15) is 4.79 Å². The van der Waals surface area contributed by atoms with Crippen molar-refractivity contribution >= 4 is 17.7 Å². The molecule has 0 saturated carbocycles. The molecule has 1 N–H and O–H groups in total. The normalized spacial score (nSPS) is 9.71. The largest absolute Gasteiger partial charge is 0.493 e. The van der Waals surface area contributed by atoms with E-state index in [4.69, 9.17) is 9.84 Å². The number of carboxylic acid groups (broad SMARTS) is 1. The summed E-state index contributed by atoms with van der Waals surface area (Å²) in [4.78, 5) is 10.2. The number of para-hydroxylation sites is 1. The molecule has 0 saturated heterocycles. The lowest BCUT2D eigenvalue weighted by molar-refractivity contribution is -0.133. The van der Waals surface area contributed by atoms with Gasteiger partial charge in [-0.1, -0.05) is 18.2 Å². The molecule has 0 fully saturated rings. The fourth-order valence-electron chi connectivity index (χ4n) is 0.895. The minimum Gasteiger partial charge on any atom is -0.493 e. The molecule has 1 aromatic carbocycles. The van der Waals surface area contributed by atoms with Crippen LogP contribution in [0.25, 0.3) is 0 Å². The van der Waals surface area contributed by atoms with Crippen molar-refractivity contribution in [3.63, 3.8) is 0 Å². The monoisotopic (exact) mass is 212 g/mol. The Morgan fingerprint density at radius 3 is 2.71 bits per heavy atom. The second kappa shape index (κ2) is 6.32. The summed E-state index contributed by atoms with van der Waals surface area (Å²) < 4.78 is 5.37. The molecular weight excluding hydrogens is 200 g/mol. The number of rotatable bonds is 6. The Morgan fingerprint density at radius 1 is 1.36 bits per heavy atom. The van der Waals surface area contributed by atoms with Crippen molar-refractivity contribution in [1.29, 1.82) is 0 Å². The van der Waals surface area contributed by atoms with Gasteiger partial charge >= 0.3 is 5.97 Å². The Morgan fingerprint density at radius 2 is 2.07 bits per heavy atom. The van der Waals surface area contributed by atoms with Gasteiger partial charge in [-0.3, -0.25) is 4.79 Å². The van der Waals surface area contributed by atoms with E-state index >= 15 is 0 Å². The topological polar surface area (TPSA) is 46.5 Å². The first kappa shape index (κ1) is 10.9. The summed E-state index contributed by atoms with van der Waals surface area (Å²) in [5, 5.41) is 8.37. The molecule has 1 aromatic rings. The Hall–Kier alpha value is -1.16. The van der Waals surface area contributed by atoms with Crippen LogP contribution in [0.1, 0.15) is 0 Å². The second-order valence-electron chi connectivity index (χ2n) is 2.61. The van der Waals surface area contributed by atoms with Gasteiger partial charge in [0, 0.05) is 5.75 Å². The standard InChI is InChI=1S/C10H12O3S/c11-10(12)8-14-7-6-13-9-4-2-1-3-5-9/h1-5H,6-8H2,(H,11,12). The highest BCUT2D eigenvalue weighted by molar-refractivity contribution is 7.99. The highest BCUT2D eigenvalue weighted by atomic mass is 32.2. The highest BCUT2D eigenvalue weighted by Gasteiger charge is 1.96. The number of ether oxygens (including phenoxy) is 1. The van der Waals surface area contributed by atoms with Gasteiger partial charge in [0.05, 0.1) is 12.4 Å². The van der Waals surface area contributed by atoms with Crippen LogP contribution in [-0.2, 0) is 4.79 Å². The first-order chi connectivity index (χ1) is 6.79. The van der Waals surface area contributed by atoms with Crippen LogP contribution in [0.2, 0.25) is 0 Å². The van der Waals surface area contributed by atoms with E-state index < -0.39 is 5.97 Å². The number of carboxylic acids is 1. The van der Waals surface area contributed by atoms with E-state index in [0.29, 0.717) is 12.4 Å². The van der Waals surface area contributed by atoms with Gasteiger partial charge in [0.25, 0.3) is 0 Å². The average Bonchev–Trinajstić information content (AvgIpc) is 2.18. The number of carbonyl (C=O) groups is 1. The third-order valence-electron chi connectivity index (χ3n) is 1.47. The Bertz CT molecular complexity index is 274. The van der Waals surface area contributed by atoms with Crippen LogP contribution in [0.15, 0.2) is 30.3 Å². The van der Waals surface area contributed by atoms with Crippen LogP contribution in [0.3, 0.4) is 0 Å². The maximum Gasteiger partial charge on any atom is 0.313 e. The molecule has 14 heavy (non-hydrogen) atoms. The van der Waals surface area contributed by atoms with Crippen molar-refractivity contribution in [3.8, 4) is 5.75 Å². The first-order valence-corrected chi connectivity index (χ1v) is 5.42. The lowest BCUT2D eigenvalue weighted by Crippen LogP contribution is -2.04. The Kier molecular flexibility index (Phi) is 4.93. The fourth-order valence-corrected chi connectivity index (χ4v) is 1.41. The quantitative estimate of drug-likeness (QED) is 0.731. The SMILES string of the molecule is O=C(O)CSCCOc1ccccc1. The third kappa shape index (κ3) is 4.77. The van der Waals surface area contributed by atoms with E-state index in [1.54, 1.807) is 0 Å². The van der Waals surface area contributed by atoms with Gasteiger partial charge in [0.15, 0.2) is 0 Å². The average molecular weight is 212 g/mol. The van der Waals surface area contributed by atoms with Gasteiger partial charge in [-0.25, -0.2) is 0 Å². The predicted octanol–water partition coefficient (Wildman–Crippen LogP) is 1.88. The third-order valence-corrected chi connectivity index (χ3v) is 2.37. The van der Waals surface area contributed by atoms with E-state index in [0.717, 1.165) is 5.75 Å². The van der Waals surface area contributed by atoms with E-state index in [2.05, 4.69) is 0 Å². The zero-order valence-corrected chi connectivity index (χ0v) is 8.50. The summed E-state index contributed by atoms with van der Waals surface area (Å²) in [5.41, 5.74) is 0. The number of benzene rings is 1. The molecule has 3 nitrogen and oxygen atoms in total. The van der Waals surface area contributed by atoms with Gasteiger partial charge in [0.2, 0.25) is 0 Å². The fraction of sp³-hybridized carbons (Fsp3) is 0.300. The molecule has 76 valence electrons. The molecule has 1 rings (SSSR count). The minimum atomic E-state index is -0.783. The van der Waals surface area contributed by atoms with Crippen LogP contribution >= 0.6 is 11.8 Å². The van der Waals surface area contributed by atoms with Gasteiger partial charge in [-0.15, -0.1) is 11.8 Å². The summed E-state index contributed by atoms with van der Waals surface area (Å²) in [6, 6.07) is 9.48. The van der Waals surface area contributed by atoms with Gasteiger partial charge < -0.3 is 9.84 Å². The number of thioether (sulfide) groups is 1. The molecule has 4 heteroatoms. The molecular formula is C10H12O3S. The van der Waals surface area contributed by atoms with Crippen molar-refractivity contribution in [2.75, 3.05) is 18.1 Å². The van der Waals surface area contributed by atoms with Gasteiger partial charge in [-0.05, 0) is 12.1 Å². The molecule has 0 aliphatic carbocycles. The lowest BCUT2D eigenvalue weighted by Gasteiger charge is -2.04. The molecule has 0 bridgehead atoms. The molecule has 0 amide bonds. The van der Waals surface area contributed by atoms with Gasteiger partial charge in [0.1, 0.15) is 5.75 Å². The number of hydrogen-bond acceptors (Lipinski definition) is 3. The summed E-state index contributed by atoms with van der Waals surface area (Å²) in [6.07, 6.45) is 0. The maximum atomic E-state index is 10.2. The predicted molar refractivity (Wildman–Crippen MR) is 56.9 cm³/mol. The van der Waals surface area contributed by atoms with Crippen molar-refractivity contribution < 1.29 is 14.6 Å². The van der Waals surface area contributed by atoms with Crippen molar-refractivity contribution in [3.05, 3.63) is 30.3 Å².